The fourth-order valence-corrected chi connectivity index (χ4v) is 6.48. The summed E-state index contributed by atoms with van der Waals surface area (Å²) in [4.78, 5) is 19.8. The minimum Gasteiger partial charge on any atom is -0.381 e. The molecule has 0 radical (unpaired) electrons. The zero-order chi connectivity index (χ0) is 33.3. The predicted molar refractivity (Wildman–Crippen MR) is 182 cm³/mol. The molecule has 0 atom stereocenters. The predicted octanol–water partition coefficient (Wildman–Crippen LogP) is 4.12. The van der Waals surface area contributed by atoms with Gasteiger partial charge in [-0.1, -0.05) is 10.4 Å². The standard InChI is InChI=1S/C31H24ClN17O/c1-46(31-34-14-24-29(37-31)49(45-41-24)18-3-2-16-12-35-38-21(16)10-18)25-15-47(17-6-8-50-9-7-17)43-27(25)26-20-5-4-19(11-22(20)39-42-26)48-28-23(40-44-48)13-33-30(32)36-28/h2-5,10-15,17H,6-9H2,1H3,(H,35,38)(H,39,42). The monoisotopic (exact) mass is 685 g/mol. The molecular formula is C31H24ClN17O. The average Bonchev–Trinajstić information content (AvgIpc) is 3.99. The van der Waals surface area contributed by atoms with E-state index < -0.39 is 0 Å². The number of rotatable bonds is 6. The normalized spacial score (nSPS) is 14.1. The highest BCUT2D eigenvalue weighted by Crippen LogP contribution is 2.37. The molecule has 1 aliphatic heterocycles. The molecule has 1 fully saturated rings. The van der Waals surface area contributed by atoms with Gasteiger partial charge in [0.1, 0.15) is 11.4 Å². The maximum atomic E-state index is 6.07. The molecule has 0 aliphatic carbocycles. The number of hydrogen-bond donors (Lipinski definition) is 2. The van der Waals surface area contributed by atoms with Gasteiger partial charge in [-0.15, -0.1) is 10.2 Å². The number of aromatic amines is 2. The summed E-state index contributed by atoms with van der Waals surface area (Å²) in [5.41, 5.74) is 7.46. The summed E-state index contributed by atoms with van der Waals surface area (Å²) in [6.07, 6.45) is 8.72. The molecule has 1 aliphatic rings. The van der Waals surface area contributed by atoms with Crippen LogP contribution in [-0.4, -0.2) is 100 Å². The summed E-state index contributed by atoms with van der Waals surface area (Å²) in [5.74, 6) is 0.442. The number of anilines is 2. The molecule has 0 spiro atoms. The molecule has 0 saturated carbocycles. The summed E-state index contributed by atoms with van der Waals surface area (Å²) < 4.78 is 11.0. The van der Waals surface area contributed by atoms with E-state index in [1.807, 2.05) is 59.2 Å². The number of ether oxygens (including phenoxy) is 1. The highest BCUT2D eigenvalue weighted by atomic mass is 35.5. The number of nitrogens with zero attached hydrogens (tertiary/aromatic N) is 15. The molecule has 7 aromatic heterocycles. The lowest BCUT2D eigenvalue weighted by molar-refractivity contribution is 0.0663. The molecular weight excluding hydrogens is 662 g/mol. The van der Waals surface area contributed by atoms with E-state index in [1.165, 1.54) is 0 Å². The van der Waals surface area contributed by atoms with E-state index in [9.17, 15) is 0 Å². The number of benzene rings is 2. The topological polar surface area (TPSA) is 201 Å². The van der Waals surface area contributed by atoms with Crippen molar-refractivity contribution in [3.63, 3.8) is 0 Å². The van der Waals surface area contributed by atoms with Gasteiger partial charge in [-0.25, -0.2) is 9.97 Å². The maximum absolute atomic E-state index is 6.07. The number of fused-ring (bicyclic) bond motifs is 4. The van der Waals surface area contributed by atoms with E-state index >= 15 is 0 Å². The van der Waals surface area contributed by atoms with Crippen molar-refractivity contribution in [3.05, 3.63) is 66.5 Å². The molecule has 246 valence electrons. The Balaban J connectivity index is 1.07. The van der Waals surface area contributed by atoms with Gasteiger partial charge in [-0.2, -0.15) is 34.6 Å². The Bertz CT molecular complexity index is 2720. The van der Waals surface area contributed by atoms with Crippen LogP contribution >= 0.6 is 11.6 Å². The van der Waals surface area contributed by atoms with Crippen LogP contribution in [0.25, 0.3) is 66.9 Å². The lowest BCUT2D eigenvalue weighted by atomic mass is 10.1. The first-order valence-corrected chi connectivity index (χ1v) is 16.1. The molecule has 19 heteroatoms. The van der Waals surface area contributed by atoms with Gasteiger partial charge < -0.3 is 9.64 Å². The zero-order valence-electron chi connectivity index (χ0n) is 26.2. The zero-order valence-corrected chi connectivity index (χ0v) is 26.9. The van der Waals surface area contributed by atoms with Crippen molar-refractivity contribution in [3.8, 4) is 22.8 Å². The Morgan fingerprint density at radius 1 is 0.840 bits per heavy atom. The van der Waals surface area contributed by atoms with Crippen LogP contribution in [-0.2, 0) is 4.74 Å². The molecule has 2 aromatic carbocycles. The Hall–Kier alpha value is -6.40. The number of hydrogen-bond acceptors (Lipinski definition) is 13. The molecule has 2 N–H and O–H groups in total. The highest BCUT2D eigenvalue weighted by Gasteiger charge is 2.26. The van der Waals surface area contributed by atoms with E-state index in [-0.39, 0.29) is 11.3 Å². The number of H-pyrrole nitrogens is 2. The third-order valence-corrected chi connectivity index (χ3v) is 9.15. The van der Waals surface area contributed by atoms with Crippen LogP contribution in [0.1, 0.15) is 18.9 Å². The van der Waals surface area contributed by atoms with Gasteiger partial charge in [0.2, 0.25) is 11.2 Å². The molecule has 0 bridgehead atoms. The third kappa shape index (κ3) is 4.56. The second-order valence-corrected chi connectivity index (χ2v) is 12.3. The van der Waals surface area contributed by atoms with E-state index in [2.05, 4.69) is 50.9 Å². The van der Waals surface area contributed by atoms with E-state index in [4.69, 9.17) is 31.5 Å². The number of halogens is 1. The van der Waals surface area contributed by atoms with Crippen LogP contribution in [0.2, 0.25) is 5.28 Å². The van der Waals surface area contributed by atoms with Crippen LogP contribution in [0.3, 0.4) is 0 Å². The first-order chi connectivity index (χ1) is 24.6. The first-order valence-electron chi connectivity index (χ1n) is 15.7. The highest BCUT2D eigenvalue weighted by molar-refractivity contribution is 6.28. The van der Waals surface area contributed by atoms with Gasteiger partial charge in [0.05, 0.1) is 52.7 Å². The maximum Gasteiger partial charge on any atom is 0.231 e. The molecule has 50 heavy (non-hydrogen) atoms. The van der Waals surface area contributed by atoms with Crippen molar-refractivity contribution in [2.45, 2.75) is 18.9 Å². The van der Waals surface area contributed by atoms with Crippen LogP contribution in [0.15, 0.2) is 61.2 Å². The third-order valence-electron chi connectivity index (χ3n) is 8.97. The van der Waals surface area contributed by atoms with Crippen molar-refractivity contribution < 1.29 is 4.74 Å². The summed E-state index contributed by atoms with van der Waals surface area (Å²) in [6.45, 7) is 1.35. The van der Waals surface area contributed by atoms with E-state index in [0.29, 0.717) is 52.9 Å². The summed E-state index contributed by atoms with van der Waals surface area (Å²) in [6, 6.07) is 11.9. The van der Waals surface area contributed by atoms with Gasteiger partial charge in [0, 0.05) is 37.2 Å². The quantitative estimate of drug-likeness (QED) is 0.237. The lowest BCUT2D eigenvalue weighted by Gasteiger charge is -2.22. The van der Waals surface area contributed by atoms with Crippen molar-refractivity contribution in [1.82, 2.24) is 80.1 Å². The van der Waals surface area contributed by atoms with Crippen molar-refractivity contribution in [2.24, 2.45) is 0 Å². The second-order valence-electron chi connectivity index (χ2n) is 11.9. The molecule has 0 unspecified atom stereocenters. The van der Waals surface area contributed by atoms with Gasteiger partial charge in [0.25, 0.3) is 0 Å². The minimum absolute atomic E-state index is 0.113. The SMILES string of the molecule is CN(c1ncc2nnn(-c3ccc4cn[nH]c4c3)c2n1)c1cn(C2CCOCC2)nc1-c1n[nH]c2cc(-n3nnc4cnc(Cl)nc43)ccc12. The summed E-state index contributed by atoms with van der Waals surface area (Å²) in [7, 11) is 1.91. The number of nitrogens with one attached hydrogen (secondary N) is 2. The molecule has 10 rings (SSSR count). The van der Waals surface area contributed by atoms with Crippen molar-refractivity contribution >= 4 is 67.4 Å². The van der Waals surface area contributed by atoms with Crippen molar-refractivity contribution in [2.75, 3.05) is 25.2 Å². The van der Waals surface area contributed by atoms with Gasteiger partial charge in [0.15, 0.2) is 22.3 Å². The Kier molecular flexibility index (Phi) is 6.33. The largest absolute Gasteiger partial charge is 0.381 e. The van der Waals surface area contributed by atoms with Gasteiger partial charge in [-0.05, 0) is 60.8 Å². The average molecular weight is 686 g/mol. The second kappa shape index (κ2) is 11.1. The van der Waals surface area contributed by atoms with Crippen molar-refractivity contribution in [1.29, 1.82) is 0 Å². The van der Waals surface area contributed by atoms with Crippen LogP contribution in [0.5, 0.6) is 0 Å². The fourth-order valence-electron chi connectivity index (χ4n) is 6.35. The lowest BCUT2D eigenvalue weighted by Crippen LogP contribution is -2.20. The fraction of sp³-hybridized carbons (Fsp3) is 0.194. The van der Waals surface area contributed by atoms with E-state index in [0.717, 1.165) is 51.7 Å². The molecule has 18 nitrogen and oxygen atoms in total. The molecule has 9 aromatic rings. The van der Waals surface area contributed by atoms with E-state index in [1.54, 1.807) is 28.0 Å². The number of aromatic nitrogens is 16. The first kappa shape index (κ1) is 28.6. The van der Waals surface area contributed by atoms with Gasteiger partial charge in [-0.3, -0.25) is 14.9 Å². The molecule has 8 heterocycles. The summed E-state index contributed by atoms with van der Waals surface area (Å²) >= 11 is 6.07. The minimum atomic E-state index is 0.113. The molecule has 1 saturated heterocycles. The Morgan fingerprint density at radius 3 is 2.40 bits per heavy atom. The molecule has 0 amide bonds. The smallest absolute Gasteiger partial charge is 0.231 e. The Morgan fingerprint density at radius 2 is 1.58 bits per heavy atom. The van der Waals surface area contributed by atoms with Crippen LogP contribution in [0.4, 0.5) is 11.6 Å². The summed E-state index contributed by atoms with van der Waals surface area (Å²) in [5, 5.41) is 39.3. The van der Waals surface area contributed by atoms with Gasteiger partial charge >= 0.3 is 0 Å². The van der Waals surface area contributed by atoms with Crippen LogP contribution < -0.4 is 4.90 Å². The van der Waals surface area contributed by atoms with Crippen LogP contribution in [0, 0.1) is 0 Å². The Labute approximate surface area is 285 Å².